The van der Waals surface area contributed by atoms with E-state index in [1.54, 1.807) is 31.4 Å². The Morgan fingerprint density at radius 1 is 1.08 bits per heavy atom. The van der Waals surface area contributed by atoms with Crippen molar-refractivity contribution in [3.8, 4) is 5.75 Å². The van der Waals surface area contributed by atoms with E-state index in [2.05, 4.69) is 15.6 Å². The van der Waals surface area contributed by atoms with Crippen LogP contribution >= 0.6 is 0 Å². The number of nitrogens with one attached hydrogen (secondary N) is 2. The Morgan fingerprint density at radius 3 is 2.54 bits per heavy atom. The predicted octanol–water partition coefficient (Wildman–Crippen LogP) is 3.90. The highest BCUT2D eigenvalue weighted by atomic mass is 19.1. The van der Waals surface area contributed by atoms with Crippen molar-refractivity contribution in [2.75, 3.05) is 12.4 Å². The molecule has 3 rings (SSSR count). The molecular weight excluding hydrogens is 333 g/mol. The van der Waals surface area contributed by atoms with Crippen LogP contribution in [0.4, 0.5) is 15.8 Å². The van der Waals surface area contributed by atoms with Crippen molar-refractivity contribution in [1.29, 1.82) is 0 Å². The Labute approximate surface area is 150 Å². The molecule has 0 saturated heterocycles. The van der Waals surface area contributed by atoms with Crippen LogP contribution in [0.2, 0.25) is 0 Å². The Morgan fingerprint density at radius 2 is 1.88 bits per heavy atom. The van der Waals surface area contributed by atoms with Gasteiger partial charge < -0.3 is 15.4 Å². The average molecular weight is 351 g/mol. The fourth-order valence-electron chi connectivity index (χ4n) is 2.35. The summed E-state index contributed by atoms with van der Waals surface area (Å²) in [5.74, 6) is 0.179. The van der Waals surface area contributed by atoms with Crippen LogP contribution in [0.5, 0.6) is 5.75 Å². The standard InChI is InChI=1S/C20H18FN3O2/c1-26-18-8-5-14(6-9-18)12-23-20(25)19-10-7-17(13-22-19)24-16-4-2-3-15(21)11-16/h2-11,13,24H,12H2,1H3,(H,23,25). The Balaban J connectivity index is 1.57. The van der Waals surface area contributed by atoms with Crippen molar-refractivity contribution in [3.63, 3.8) is 0 Å². The lowest BCUT2D eigenvalue weighted by molar-refractivity contribution is 0.0946. The van der Waals surface area contributed by atoms with Crippen molar-refractivity contribution in [2.45, 2.75) is 6.54 Å². The largest absolute Gasteiger partial charge is 0.497 e. The number of nitrogens with zero attached hydrogens (tertiary/aromatic N) is 1. The third-order valence-electron chi connectivity index (χ3n) is 3.72. The van der Waals surface area contributed by atoms with Crippen molar-refractivity contribution in [3.05, 3.63) is 83.9 Å². The molecule has 26 heavy (non-hydrogen) atoms. The van der Waals surface area contributed by atoms with E-state index in [4.69, 9.17) is 4.74 Å². The number of methoxy groups -OCH3 is 1. The van der Waals surface area contributed by atoms with Gasteiger partial charge in [-0.25, -0.2) is 9.37 Å². The van der Waals surface area contributed by atoms with Crippen LogP contribution in [-0.2, 0) is 6.54 Å². The van der Waals surface area contributed by atoms with Crippen LogP contribution in [0.1, 0.15) is 16.1 Å². The van der Waals surface area contributed by atoms with Crippen molar-refractivity contribution in [1.82, 2.24) is 10.3 Å². The molecule has 132 valence electrons. The first kappa shape index (κ1) is 17.4. The van der Waals surface area contributed by atoms with Gasteiger partial charge in [0, 0.05) is 12.2 Å². The normalized spacial score (nSPS) is 10.2. The molecule has 3 aromatic rings. The van der Waals surface area contributed by atoms with Gasteiger partial charge in [0.25, 0.3) is 5.91 Å². The molecule has 0 unspecified atom stereocenters. The number of benzene rings is 2. The smallest absolute Gasteiger partial charge is 0.270 e. The van der Waals surface area contributed by atoms with Gasteiger partial charge in [-0.1, -0.05) is 18.2 Å². The van der Waals surface area contributed by atoms with Crippen LogP contribution < -0.4 is 15.4 Å². The Hall–Kier alpha value is -3.41. The van der Waals surface area contributed by atoms with E-state index in [0.717, 1.165) is 11.3 Å². The van der Waals surface area contributed by atoms with Crippen LogP contribution in [0.3, 0.4) is 0 Å². The van der Waals surface area contributed by atoms with E-state index in [1.807, 2.05) is 24.3 Å². The van der Waals surface area contributed by atoms with E-state index >= 15 is 0 Å². The topological polar surface area (TPSA) is 63.2 Å². The predicted molar refractivity (Wildman–Crippen MR) is 98.1 cm³/mol. The number of halogens is 1. The fraction of sp³-hybridized carbons (Fsp3) is 0.100. The lowest BCUT2D eigenvalue weighted by Crippen LogP contribution is -2.23. The molecule has 5 nitrogen and oxygen atoms in total. The molecule has 0 fully saturated rings. The van der Waals surface area contributed by atoms with Crippen molar-refractivity contribution in [2.24, 2.45) is 0 Å². The fourth-order valence-corrected chi connectivity index (χ4v) is 2.35. The molecule has 0 bridgehead atoms. The molecule has 6 heteroatoms. The number of rotatable bonds is 6. The second kappa shape index (κ2) is 8.11. The highest BCUT2D eigenvalue weighted by Gasteiger charge is 2.07. The molecule has 0 aliphatic carbocycles. The summed E-state index contributed by atoms with van der Waals surface area (Å²) >= 11 is 0. The minimum atomic E-state index is -0.322. The highest BCUT2D eigenvalue weighted by molar-refractivity contribution is 5.92. The first-order chi connectivity index (χ1) is 12.6. The number of amides is 1. The summed E-state index contributed by atoms with van der Waals surface area (Å²) < 4.78 is 18.3. The van der Waals surface area contributed by atoms with Gasteiger partial charge in [0.2, 0.25) is 0 Å². The minimum absolute atomic E-state index is 0.266. The summed E-state index contributed by atoms with van der Waals surface area (Å²) in [5.41, 5.74) is 2.55. The number of carbonyl (C=O) groups is 1. The van der Waals surface area contributed by atoms with E-state index in [0.29, 0.717) is 23.6 Å². The molecular formula is C20H18FN3O2. The number of aromatic nitrogens is 1. The molecule has 0 radical (unpaired) electrons. The number of pyridine rings is 1. The molecule has 0 aliphatic heterocycles. The molecule has 0 spiro atoms. The quantitative estimate of drug-likeness (QED) is 0.707. The molecule has 0 atom stereocenters. The average Bonchev–Trinajstić information content (AvgIpc) is 2.67. The molecule has 1 heterocycles. The molecule has 2 aromatic carbocycles. The second-order valence-electron chi connectivity index (χ2n) is 5.60. The monoisotopic (exact) mass is 351 g/mol. The maximum Gasteiger partial charge on any atom is 0.270 e. The number of hydrogen-bond acceptors (Lipinski definition) is 4. The molecule has 0 aliphatic rings. The lowest BCUT2D eigenvalue weighted by atomic mass is 10.2. The zero-order valence-electron chi connectivity index (χ0n) is 14.2. The lowest BCUT2D eigenvalue weighted by Gasteiger charge is -2.08. The van der Waals surface area contributed by atoms with Gasteiger partial charge in [0.15, 0.2) is 0 Å². The number of anilines is 2. The van der Waals surface area contributed by atoms with Gasteiger partial charge in [-0.3, -0.25) is 4.79 Å². The number of carbonyl (C=O) groups excluding carboxylic acids is 1. The molecule has 1 aromatic heterocycles. The van der Waals surface area contributed by atoms with E-state index in [1.165, 1.54) is 18.3 Å². The maximum atomic E-state index is 13.2. The molecule has 2 N–H and O–H groups in total. The molecule has 1 amide bonds. The summed E-state index contributed by atoms with van der Waals surface area (Å²) in [6.45, 7) is 0.397. The van der Waals surface area contributed by atoms with E-state index in [-0.39, 0.29) is 11.7 Å². The minimum Gasteiger partial charge on any atom is -0.497 e. The third-order valence-corrected chi connectivity index (χ3v) is 3.72. The summed E-state index contributed by atoms with van der Waals surface area (Å²) in [7, 11) is 1.61. The summed E-state index contributed by atoms with van der Waals surface area (Å²) in [6, 6.07) is 16.9. The van der Waals surface area contributed by atoms with Crippen LogP contribution in [0, 0.1) is 5.82 Å². The zero-order chi connectivity index (χ0) is 18.4. The van der Waals surface area contributed by atoms with Gasteiger partial charge in [-0.15, -0.1) is 0 Å². The van der Waals surface area contributed by atoms with Crippen LogP contribution in [0.15, 0.2) is 66.9 Å². The van der Waals surface area contributed by atoms with Gasteiger partial charge >= 0.3 is 0 Å². The zero-order valence-corrected chi connectivity index (χ0v) is 14.2. The number of hydrogen-bond donors (Lipinski definition) is 2. The number of ether oxygens (including phenoxy) is 1. The van der Waals surface area contributed by atoms with Gasteiger partial charge in [0.1, 0.15) is 17.3 Å². The Kier molecular flexibility index (Phi) is 5.43. The maximum absolute atomic E-state index is 13.2. The van der Waals surface area contributed by atoms with Crippen molar-refractivity contribution >= 4 is 17.3 Å². The van der Waals surface area contributed by atoms with Gasteiger partial charge in [0.05, 0.1) is 19.0 Å². The van der Waals surface area contributed by atoms with E-state index < -0.39 is 0 Å². The van der Waals surface area contributed by atoms with Crippen LogP contribution in [-0.4, -0.2) is 18.0 Å². The second-order valence-corrected chi connectivity index (χ2v) is 5.60. The Bertz CT molecular complexity index is 880. The third kappa shape index (κ3) is 4.57. The summed E-state index contributed by atoms with van der Waals surface area (Å²) in [5, 5.41) is 5.85. The molecule has 0 saturated carbocycles. The first-order valence-corrected chi connectivity index (χ1v) is 8.04. The van der Waals surface area contributed by atoms with Gasteiger partial charge in [-0.2, -0.15) is 0 Å². The highest BCUT2D eigenvalue weighted by Crippen LogP contribution is 2.17. The van der Waals surface area contributed by atoms with Gasteiger partial charge in [-0.05, 0) is 48.0 Å². The first-order valence-electron chi connectivity index (χ1n) is 8.04. The summed E-state index contributed by atoms with van der Waals surface area (Å²) in [6.07, 6.45) is 1.53. The van der Waals surface area contributed by atoms with Crippen LogP contribution in [0.25, 0.3) is 0 Å². The SMILES string of the molecule is COc1ccc(CNC(=O)c2ccc(Nc3cccc(F)c3)cn2)cc1. The van der Waals surface area contributed by atoms with Crippen molar-refractivity contribution < 1.29 is 13.9 Å². The summed E-state index contributed by atoms with van der Waals surface area (Å²) in [4.78, 5) is 16.3. The van der Waals surface area contributed by atoms with E-state index in [9.17, 15) is 9.18 Å².